The minimum atomic E-state index is -0.894. The Morgan fingerprint density at radius 3 is 2.31 bits per heavy atom. The van der Waals surface area contributed by atoms with Gasteiger partial charge in [0.15, 0.2) is 0 Å². The van der Waals surface area contributed by atoms with E-state index in [4.69, 9.17) is 0 Å². The maximum absolute atomic E-state index is 12.0. The minimum Gasteiger partial charge on any atom is -0.478 e. The molecule has 1 N–H and O–H groups in total. The van der Waals surface area contributed by atoms with Gasteiger partial charge >= 0.3 is 5.97 Å². The molecule has 3 aromatic rings. The highest BCUT2D eigenvalue weighted by Crippen LogP contribution is 2.28. The fourth-order valence-electron chi connectivity index (χ4n) is 4.45. The molecule has 0 amide bonds. The Morgan fingerprint density at radius 1 is 0.938 bits per heavy atom. The standard InChI is InChI=1S/C27H31N3O2/c1-20(2)24-11-12-28-26(25(24)27(31)32)30-15-13-29(14-16-30)19-23-10-6-9-22(18-23)17-21-7-4-3-5-8-21/h3-12,18,20H,13-17,19H2,1-2H3,(H,31,32). The lowest BCUT2D eigenvalue weighted by Crippen LogP contribution is -2.46. The van der Waals surface area contributed by atoms with Crippen molar-refractivity contribution in [2.75, 3.05) is 31.1 Å². The van der Waals surface area contributed by atoms with Crippen molar-refractivity contribution >= 4 is 11.8 Å². The van der Waals surface area contributed by atoms with Crippen LogP contribution in [0.2, 0.25) is 0 Å². The van der Waals surface area contributed by atoms with Gasteiger partial charge < -0.3 is 10.0 Å². The molecule has 1 saturated heterocycles. The number of hydrogen-bond donors (Lipinski definition) is 1. The quantitative estimate of drug-likeness (QED) is 0.584. The molecule has 2 heterocycles. The Bertz CT molecular complexity index is 1060. The summed E-state index contributed by atoms with van der Waals surface area (Å²) >= 11 is 0. The maximum Gasteiger partial charge on any atom is 0.339 e. The van der Waals surface area contributed by atoms with Crippen molar-refractivity contribution in [2.24, 2.45) is 0 Å². The van der Waals surface area contributed by atoms with E-state index in [0.717, 1.165) is 44.7 Å². The highest BCUT2D eigenvalue weighted by Gasteiger charge is 2.25. The molecule has 0 saturated carbocycles. The molecule has 0 radical (unpaired) electrons. The zero-order valence-corrected chi connectivity index (χ0v) is 18.9. The van der Waals surface area contributed by atoms with Crippen LogP contribution in [0, 0.1) is 0 Å². The summed E-state index contributed by atoms with van der Waals surface area (Å²) in [5.74, 6) is -0.144. The summed E-state index contributed by atoms with van der Waals surface area (Å²) < 4.78 is 0. The average Bonchev–Trinajstić information content (AvgIpc) is 2.80. The number of carboxylic acid groups (broad SMARTS) is 1. The summed E-state index contributed by atoms with van der Waals surface area (Å²) in [6.45, 7) is 8.27. The third-order valence-electron chi connectivity index (χ3n) is 6.12. The summed E-state index contributed by atoms with van der Waals surface area (Å²) in [6, 6.07) is 21.2. The molecule has 1 aliphatic heterocycles. The number of anilines is 1. The monoisotopic (exact) mass is 429 g/mol. The van der Waals surface area contributed by atoms with E-state index in [0.29, 0.717) is 11.4 Å². The Hall–Kier alpha value is -3.18. The smallest absolute Gasteiger partial charge is 0.339 e. The van der Waals surface area contributed by atoms with Gasteiger partial charge in [0.1, 0.15) is 11.4 Å². The van der Waals surface area contributed by atoms with Crippen molar-refractivity contribution in [3.05, 3.63) is 94.7 Å². The number of aromatic nitrogens is 1. The average molecular weight is 430 g/mol. The lowest BCUT2D eigenvalue weighted by molar-refractivity contribution is 0.0695. The number of piperazine rings is 1. The van der Waals surface area contributed by atoms with E-state index >= 15 is 0 Å². The first kappa shape index (κ1) is 22.0. The van der Waals surface area contributed by atoms with Crippen molar-refractivity contribution in [1.29, 1.82) is 0 Å². The van der Waals surface area contributed by atoms with E-state index in [1.807, 2.05) is 26.0 Å². The van der Waals surface area contributed by atoms with E-state index in [2.05, 4.69) is 63.3 Å². The molecular weight excluding hydrogens is 398 g/mol. The van der Waals surface area contributed by atoms with Crippen molar-refractivity contribution < 1.29 is 9.90 Å². The fraction of sp³-hybridized carbons (Fsp3) is 0.333. The Morgan fingerprint density at radius 2 is 1.62 bits per heavy atom. The molecule has 1 aromatic heterocycles. The number of pyridine rings is 1. The van der Waals surface area contributed by atoms with Crippen LogP contribution >= 0.6 is 0 Å². The van der Waals surface area contributed by atoms with Crippen LogP contribution in [0.1, 0.15) is 52.4 Å². The van der Waals surface area contributed by atoms with E-state index < -0.39 is 5.97 Å². The van der Waals surface area contributed by atoms with Gasteiger partial charge in [-0.25, -0.2) is 9.78 Å². The first-order valence-corrected chi connectivity index (χ1v) is 11.3. The van der Waals surface area contributed by atoms with Crippen molar-refractivity contribution in [3.63, 3.8) is 0 Å². The van der Waals surface area contributed by atoms with Crippen LogP contribution in [0.25, 0.3) is 0 Å². The second kappa shape index (κ2) is 9.96. The van der Waals surface area contributed by atoms with Gasteiger partial charge in [0.2, 0.25) is 0 Å². The van der Waals surface area contributed by atoms with Crippen molar-refractivity contribution in [3.8, 4) is 0 Å². The zero-order valence-electron chi connectivity index (χ0n) is 18.9. The van der Waals surface area contributed by atoms with E-state index in [9.17, 15) is 9.90 Å². The largest absolute Gasteiger partial charge is 0.478 e. The molecule has 2 aromatic carbocycles. The van der Waals surface area contributed by atoms with Gasteiger partial charge in [-0.15, -0.1) is 0 Å². The van der Waals surface area contributed by atoms with E-state index in [-0.39, 0.29) is 5.92 Å². The second-order valence-corrected chi connectivity index (χ2v) is 8.80. The predicted molar refractivity (Wildman–Crippen MR) is 128 cm³/mol. The number of hydrogen-bond acceptors (Lipinski definition) is 4. The van der Waals surface area contributed by atoms with Crippen LogP contribution in [0.5, 0.6) is 0 Å². The molecule has 0 spiro atoms. The molecule has 5 nitrogen and oxygen atoms in total. The van der Waals surface area contributed by atoms with Crippen LogP contribution in [0.15, 0.2) is 66.9 Å². The van der Waals surface area contributed by atoms with Gasteiger partial charge in [-0.3, -0.25) is 4.90 Å². The highest BCUT2D eigenvalue weighted by atomic mass is 16.4. The lowest BCUT2D eigenvalue weighted by atomic mass is 9.98. The number of aromatic carboxylic acids is 1. The molecule has 5 heteroatoms. The summed E-state index contributed by atoms with van der Waals surface area (Å²) in [5.41, 5.74) is 5.17. The molecule has 0 unspecified atom stereocenters. The molecule has 0 aliphatic carbocycles. The maximum atomic E-state index is 12.0. The molecule has 1 fully saturated rings. The summed E-state index contributed by atoms with van der Waals surface area (Å²) in [7, 11) is 0. The number of rotatable bonds is 7. The Kier molecular flexibility index (Phi) is 6.86. The van der Waals surface area contributed by atoms with Gasteiger partial charge in [0.25, 0.3) is 0 Å². The predicted octanol–water partition coefficient (Wildman–Crippen LogP) is 4.82. The van der Waals surface area contributed by atoms with Crippen LogP contribution in [-0.2, 0) is 13.0 Å². The number of benzene rings is 2. The SMILES string of the molecule is CC(C)c1ccnc(N2CCN(Cc3cccc(Cc4ccccc4)c3)CC2)c1C(=O)O. The number of carboxylic acids is 1. The van der Waals surface area contributed by atoms with Gasteiger partial charge in [0, 0.05) is 38.9 Å². The molecule has 0 bridgehead atoms. The van der Waals surface area contributed by atoms with Crippen LogP contribution in [0.3, 0.4) is 0 Å². The van der Waals surface area contributed by atoms with E-state index in [1.165, 1.54) is 16.7 Å². The van der Waals surface area contributed by atoms with Gasteiger partial charge in [-0.2, -0.15) is 0 Å². The summed E-state index contributed by atoms with van der Waals surface area (Å²) in [6.07, 6.45) is 2.68. The first-order chi connectivity index (χ1) is 15.5. The third-order valence-corrected chi connectivity index (χ3v) is 6.12. The van der Waals surface area contributed by atoms with Gasteiger partial charge in [-0.05, 0) is 40.7 Å². The molecule has 166 valence electrons. The van der Waals surface area contributed by atoms with Crippen LogP contribution in [-0.4, -0.2) is 47.1 Å². The Labute approximate surface area is 190 Å². The number of nitrogens with zero attached hydrogens (tertiary/aromatic N) is 3. The second-order valence-electron chi connectivity index (χ2n) is 8.80. The molecule has 32 heavy (non-hydrogen) atoms. The van der Waals surface area contributed by atoms with Crippen molar-refractivity contribution in [1.82, 2.24) is 9.88 Å². The molecule has 1 aliphatic rings. The molecular formula is C27H31N3O2. The highest BCUT2D eigenvalue weighted by molar-refractivity contribution is 5.95. The fourth-order valence-corrected chi connectivity index (χ4v) is 4.45. The third kappa shape index (κ3) is 5.17. The van der Waals surface area contributed by atoms with Crippen LogP contribution < -0.4 is 4.90 Å². The summed E-state index contributed by atoms with van der Waals surface area (Å²) in [4.78, 5) is 21.0. The number of carbonyl (C=O) groups is 1. The Balaban J connectivity index is 1.41. The molecule has 0 atom stereocenters. The first-order valence-electron chi connectivity index (χ1n) is 11.3. The topological polar surface area (TPSA) is 56.7 Å². The normalized spacial score (nSPS) is 14.7. The van der Waals surface area contributed by atoms with Gasteiger partial charge in [-0.1, -0.05) is 68.4 Å². The zero-order chi connectivity index (χ0) is 22.5. The lowest BCUT2D eigenvalue weighted by Gasteiger charge is -2.36. The molecule has 4 rings (SSSR count). The van der Waals surface area contributed by atoms with Gasteiger partial charge in [0.05, 0.1) is 0 Å². The minimum absolute atomic E-state index is 0.146. The summed E-state index contributed by atoms with van der Waals surface area (Å²) in [5, 5.41) is 9.83. The van der Waals surface area contributed by atoms with E-state index in [1.54, 1.807) is 6.20 Å². The van der Waals surface area contributed by atoms with Crippen molar-refractivity contribution in [2.45, 2.75) is 32.7 Å². The van der Waals surface area contributed by atoms with Crippen LogP contribution in [0.4, 0.5) is 5.82 Å².